The van der Waals surface area contributed by atoms with Crippen LogP contribution in [0.2, 0.25) is 5.02 Å². The summed E-state index contributed by atoms with van der Waals surface area (Å²) in [6.45, 7) is 1.76. The lowest BCUT2D eigenvalue weighted by Gasteiger charge is -2.13. The fourth-order valence-electron chi connectivity index (χ4n) is 1.53. The van der Waals surface area contributed by atoms with Crippen LogP contribution in [0, 0.1) is 0 Å². The summed E-state index contributed by atoms with van der Waals surface area (Å²) in [5.74, 6) is -1.50. The van der Waals surface area contributed by atoms with Crippen molar-refractivity contribution < 1.29 is 19.4 Å². The average molecular weight is 271 g/mol. The highest BCUT2D eigenvalue weighted by Crippen LogP contribution is 2.13. The minimum Gasteiger partial charge on any atom is -0.481 e. The molecule has 18 heavy (non-hydrogen) atoms. The quantitative estimate of drug-likeness (QED) is 0.807. The summed E-state index contributed by atoms with van der Waals surface area (Å²) in [4.78, 5) is 21.6. The lowest BCUT2D eigenvalue weighted by molar-refractivity contribution is -0.151. The Balaban J connectivity index is 2.39. The van der Waals surface area contributed by atoms with E-state index in [2.05, 4.69) is 0 Å². The maximum absolute atomic E-state index is 11.3. The Labute approximate surface area is 111 Å². The van der Waals surface area contributed by atoms with Gasteiger partial charge in [-0.3, -0.25) is 9.59 Å². The van der Waals surface area contributed by atoms with Gasteiger partial charge >= 0.3 is 11.9 Å². The van der Waals surface area contributed by atoms with Crippen LogP contribution >= 0.6 is 11.6 Å². The van der Waals surface area contributed by atoms with Gasteiger partial charge in [0.15, 0.2) is 0 Å². The van der Waals surface area contributed by atoms with Crippen molar-refractivity contribution in [2.45, 2.75) is 32.3 Å². The third-order valence-electron chi connectivity index (χ3n) is 2.29. The second-order valence-corrected chi connectivity index (χ2v) is 4.46. The summed E-state index contributed by atoms with van der Waals surface area (Å²) in [7, 11) is 0. The van der Waals surface area contributed by atoms with Crippen LogP contribution in [0.25, 0.3) is 0 Å². The van der Waals surface area contributed by atoms with Crippen LogP contribution in [0.5, 0.6) is 0 Å². The number of carboxylic acid groups (broad SMARTS) is 1. The number of carbonyl (C=O) groups excluding carboxylic acids is 1. The fraction of sp³-hybridized carbons (Fsp3) is 0.385. The zero-order valence-electron chi connectivity index (χ0n) is 10.1. The van der Waals surface area contributed by atoms with E-state index in [1.165, 1.54) is 0 Å². The summed E-state index contributed by atoms with van der Waals surface area (Å²) >= 11 is 5.85. The van der Waals surface area contributed by atoms with Gasteiger partial charge in [-0.1, -0.05) is 23.7 Å². The molecule has 0 aliphatic rings. The lowest BCUT2D eigenvalue weighted by atomic mass is 10.1. The van der Waals surface area contributed by atoms with Crippen LogP contribution in [0.15, 0.2) is 24.3 Å². The third-order valence-corrected chi connectivity index (χ3v) is 2.52. The van der Waals surface area contributed by atoms with E-state index in [1.54, 1.807) is 13.0 Å². The van der Waals surface area contributed by atoms with Gasteiger partial charge in [-0.25, -0.2) is 0 Å². The van der Waals surface area contributed by atoms with Crippen molar-refractivity contribution in [1.29, 1.82) is 0 Å². The highest BCUT2D eigenvalue weighted by molar-refractivity contribution is 6.30. The predicted octanol–water partition coefficient (Wildman–Crippen LogP) is 2.68. The second kappa shape index (κ2) is 7.01. The molecule has 0 saturated heterocycles. The first-order valence-electron chi connectivity index (χ1n) is 5.63. The largest absolute Gasteiger partial charge is 0.481 e. The van der Waals surface area contributed by atoms with E-state index in [1.807, 2.05) is 18.2 Å². The minimum atomic E-state index is -1.01. The van der Waals surface area contributed by atoms with Gasteiger partial charge in [-0.05, 0) is 24.6 Å². The van der Waals surface area contributed by atoms with Gasteiger partial charge in [-0.2, -0.15) is 0 Å². The van der Waals surface area contributed by atoms with E-state index >= 15 is 0 Å². The smallest absolute Gasteiger partial charge is 0.306 e. The third kappa shape index (κ3) is 5.68. The van der Waals surface area contributed by atoms with Gasteiger partial charge in [0.2, 0.25) is 0 Å². The Kier molecular flexibility index (Phi) is 5.65. The zero-order chi connectivity index (χ0) is 13.5. The van der Waals surface area contributed by atoms with E-state index in [0.29, 0.717) is 11.4 Å². The van der Waals surface area contributed by atoms with Gasteiger partial charge in [0.05, 0.1) is 12.8 Å². The summed E-state index contributed by atoms with van der Waals surface area (Å²) < 4.78 is 5.10. The molecule has 0 bridgehead atoms. The molecule has 1 aromatic carbocycles. The van der Waals surface area contributed by atoms with Gasteiger partial charge in [0.1, 0.15) is 6.10 Å². The normalized spacial score (nSPS) is 11.9. The van der Waals surface area contributed by atoms with Crippen molar-refractivity contribution in [3.8, 4) is 0 Å². The maximum atomic E-state index is 11.3. The molecule has 0 aliphatic carbocycles. The first-order chi connectivity index (χ1) is 8.47. The number of carbonyl (C=O) groups is 2. The summed E-state index contributed by atoms with van der Waals surface area (Å²) in [5, 5.41) is 9.08. The van der Waals surface area contributed by atoms with Crippen molar-refractivity contribution >= 4 is 23.5 Å². The zero-order valence-corrected chi connectivity index (χ0v) is 10.8. The van der Waals surface area contributed by atoms with E-state index in [4.69, 9.17) is 21.4 Å². The molecule has 1 rings (SSSR count). The highest BCUT2D eigenvalue weighted by Gasteiger charge is 2.12. The van der Waals surface area contributed by atoms with Crippen molar-refractivity contribution in [2.75, 3.05) is 0 Å². The highest BCUT2D eigenvalue weighted by atomic mass is 35.5. The van der Waals surface area contributed by atoms with E-state index < -0.39 is 11.9 Å². The van der Waals surface area contributed by atoms with Crippen LogP contribution in [0.1, 0.15) is 25.3 Å². The molecule has 4 nitrogen and oxygen atoms in total. The summed E-state index contributed by atoms with van der Waals surface area (Å²) in [6, 6.07) is 7.31. The van der Waals surface area contributed by atoms with E-state index in [0.717, 1.165) is 5.56 Å². The van der Waals surface area contributed by atoms with Crippen LogP contribution in [0.4, 0.5) is 0 Å². The molecule has 0 heterocycles. The van der Waals surface area contributed by atoms with Gasteiger partial charge in [0, 0.05) is 11.4 Å². The molecule has 0 aliphatic heterocycles. The summed E-state index contributed by atoms with van der Waals surface area (Å²) in [5.41, 5.74) is 0.973. The first-order valence-corrected chi connectivity index (χ1v) is 6.01. The molecule has 0 amide bonds. The topological polar surface area (TPSA) is 63.6 Å². The first kappa shape index (κ1) is 14.5. The monoisotopic (exact) mass is 270 g/mol. The molecule has 1 N–H and O–H groups in total. The van der Waals surface area contributed by atoms with Crippen molar-refractivity contribution in [2.24, 2.45) is 0 Å². The Morgan fingerprint density at radius 1 is 1.39 bits per heavy atom. The van der Waals surface area contributed by atoms with Crippen LogP contribution in [0.3, 0.4) is 0 Å². The molecular formula is C13H15ClO4. The predicted molar refractivity (Wildman–Crippen MR) is 67.6 cm³/mol. The molecule has 1 atom stereocenters. The average Bonchev–Trinajstić information content (AvgIpc) is 2.26. The van der Waals surface area contributed by atoms with Crippen LogP contribution in [-0.2, 0) is 20.7 Å². The SMILES string of the molecule is C[C@H](Cc1cccc(Cl)c1)OC(=O)CCC(=O)O. The van der Waals surface area contributed by atoms with Gasteiger partial charge in [-0.15, -0.1) is 0 Å². The number of halogens is 1. The molecular weight excluding hydrogens is 256 g/mol. The Morgan fingerprint density at radius 2 is 2.11 bits per heavy atom. The Morgan fingerprint density at radius 3 is 2.72 bits per heavy atom. The number of carboxylic acids is 1. The number of esters is 1. The maximum Gasteiger partial charge on any atom is 0.306 e. The molecule has 0 spiro atoms. The van der Waals surface area contributed by atoms with E-state index in [9.17, 15) is 9.59 Å². The van der Waals surface area contributed by atoms with Crippen molar-refractivity contribution in [3.05, 3.63) is 34.9 Å². The van der Waals surface area contributed by atoms with E-state index in [-0.39, 0.29) is 18.9 Å². The summed E-state index contributed by atoms with van der Waals surface area (Å²) in [6.07, 6.45) is -0.0538. The standard InChI is InChI=1S/C13H15ClO4/c1-9(18-13(17)6-5-12(15)16)7-10-3-2-4-11(14)8-10/h2-4,8-9H,5-7H2,1H3,(H,15,16)/t9-/m1/s1. The number of aliphatic carboxylic acids is 1. The Hall–Kier alpha value is -1.55. The molecule has 98 valence electrons. The molecule has 1 aromatic rings. The number of hydrogen-bond donors (Lipinski definition) is 1. The van der Waals surface area contributed by atoms with Crippen molar-refractivity contribution in [1.82, 2.24) is 0 Å². The molecule has 0 saturated carbocycles. The number of rotatable bonds is 6. The number of hydrogen-bond acceptors (Lipinski definition) is 3. The van der Waals surface area contributed by atoms with Gasteiger partial charge < -0.3 is 9.84 Å². The Bertz CT molecular complexity index is 431. The molecule has 0 fully saturated rings. The number of benzene rings is 1. The van der Waals surface area contributed by atoms with Crippen LogP contribution in [-0.4, -0.2) is 23.1 Å². The molecule has 0 unspecified atom stereocenters. The molecule has 5 heteroatoms. The minimum absolute atomic E-state index is 0.102. The number of ether oxygens (including phenoxy) is 1. The second-order valence-electron chi connectivity index (χ2n) is 4.03. The van der Waals surface area contributed by atoms with Crippen molar-refractivity contribution in [3.63, 3.8) is 0 Å². The molecule has 0 aromatic heterocycles. The lowest BCUT2D eigenvalue weighted by Crippen LogP contribution is -2.18. The van der Waals surface area contributed by atoms with Gasteiger partial charge in [0.25, 0.3) is 0 Å². The van der Waals surface area contributed by atoms with Crippen LogP contribution < -0.4 is 0 Å². The fourth-order valence-corrected chi connectivity index (χ4v) is 1.74. The molecule has 0 radical (unpaired) electrons.